The highest BCUT2D eigenvalue weighted by Crippen LogP contribution is 2.10. The number of nitrogens with one attached hydrogen (secondary N) is 2. The summed E-state index contributed by atoms with van der Waals surface area (Å²) in [6.45, 7) is 10.3. The van der Waals surface area contributed by atoms with E-state index in [1.54, 1.807) is 41.5 Å². The van der Waals surface area contributed by atoms with E-state index in [2.05, 4.69) is 10.6 Å². The van der Waals surface area contributed by atoms with Gasteiger partial charge in [0, 0.05) is 12.8 Å². The molecule has 38 heavy (non-hydrogen) atoms. The fourth-order valence-electron chi connectivity index (χ4n) is 3.00. The molecule has 2 aromatic carbocycles. The second-order valence-corrected chi connectivity index (χ2v) is 10.5. The Morgan fingerprint density at radius 2 is 0.921 bits per heavy atom. The molecule has 4 N–H and O–H groups in total. The highest BCUT2D eigenvalue weighted by Gasteiger charge is 2.25. The second kappa shape index (κ2) is 14.6. The topological polar surface area (TPSA) is 151 Å². The lowest BCUT2D eigenvalue weighted by Gasteiger charge is -2.22. The number of aliphatic carboxylic acids is 2. The van der Waals surface area contributed by atoms with Gasteiger partial charge in [0.05, 0.1) is 0 Å². The highest BCUT2D eigenvalue weighted by molar-refractivity contribution is 5.81. The van der Waals surface area contributed by atoms with E-state index in [-0.39, 0.29) is 12.8 Å². The van der Waals surface area contributed by atoms with Crippen molar-refractivity contribution in [1.29, 1.82) is 0 Å². The van der Waals surface area contributed by atoms with Crippen molar-refractivity contribution in [2.45, 2.75) is 77.7 Å². The average Bonchev–Trinajstić information content (AvgIpc) is 2.77. The van der Waals surface area contributed by atoms with Crippen LogP contribution in [0.25, 0.3) is 0 Å². The molecule has 0 aromatic heterocycles. The van der Waals surface area contributed by atoms with E-state index in [1.807, 2.05) is 60.7 Å². The van der Waals surface area contributed by atoms with Crippen molar-refractivity contribution in [3.63, 3.8) is 0 Å². The summed E-state index contributed by atoms with van der Waals surface area (Å²) in [5.41, 5.74) is 0.372. The molecule has 0 saturated heterocycles. The molecule has 2 atom stereocenters. The summed E-state index contributed by atoms with van der Waals surface area (Å²) < 4.78 is 10.1. The molecule has 0 fully saturated rings. The van der Waals surface area contributed by atoms with Crippen molar-refractivity contribution < 1.29 is 38.9 Å². The van der Waals surface area contributed by atoms with E-state index in [1.165, 1.54) is 0 Å². The van der Waals surface area contributed by atoms with Gasteiger partial charge in [0.1, 0.15) is 23.3 Å². The smallest absolute Gasteiger partial charge is 0.408 e. The maximum atomic E-state index is 11.6. The van der Waals surface area contributed by atoms with Gasteiger partial charge in [-0.3, -0.25) is 0 Å². The molecular formula is C28H38N2O8. The first kappa shape index (κ1) is 31.9. The fraction of sp³-hybridized carbons (Fsp3) is 0.429. The molecule has 0 saturated carbocycles. The molecule has 0 unspecified atom stereocenters. The standard InChI is InChI=1S/2C14H19NO4/c2*1-14(2,3)19-13(18)15-11(12(16)17)9-10-7-5-4-6-8-10/h2*4-8,11H,9H2,1-3H3,(H,15,18)(H,16,17)/t2*11-/m10/s1. The third-order valence-corrected chi connectivity index (χ3v) is 4.54. The quantitative estimate of drug-likeness (QED) is 0.392. The van der Waals surface area contributed by atoms with E-state index in [0.29, 0.717) is 0 Å². The van der Waals surface area contributed by atoms with E-state index in [0.717, 1.165) is 11.1 Å². The molecule has 0 radical (unpaired) electrons. The van der Waals surface area contributed by atoms with Crippen LogP contribution in [0, 0.1) is 0 Å². The number of hydrogen-bond acceptors (Lipinski definition) is 6. The molecule has 0 aliphatic rings. The first-order valence-electron chi connectivity index (χ1n) is 12.1. The summed E-state index contributed by atoms with van der Waals surface area (Å²) in [4.78, 5) is 45.4. The Labute approximate surface area is 223 Å². The molecule has 10 heteroatoms. The molecule has 0 heterocycles. The third-order valence-electron chi connectivity index (χ3n) is 4.54. The van der Waals surface area contributed by atoms with Crippen LogP contribution in [0.1, 0.15) is 52.7 Å². The summed E-state index contributed by atoms with van der Waals surface area (Å²) in [5, 5.41) is 22.9. The maximum Gasteiger partial charge on any atom is 0.408 e. The van der Waals surface area contributed by atoms with Crippen molar-refractivity contribution in [2.24, 2.45) is 0 Å². The zero-order valence-electron chi connectivity index (χ0n) is 22.7. The third kappa shape index (κ3) is 14.5. The van der Waals surface area contributed by atoms with Crippen LogP contribution >= 0.6 is 0 Å². The van der Waals surface area contributed by atoms with Gasteiger partial charge in [-0.1, -0.05) is 60.7 Å². The number of alkyl carbamates (subject to hydrolysis) is 2. The van der Waals surface area contributed by atoms with Gasteiger partial charge in [-0.25, -0.2) is 19.2 Å². The molecule has 0 spiro atoms. The van der Waals surface area contributed by atoms with Crippen molar-refractivity contribution in [3.05, 3.63) is 71.8 Å². The molecular weight excluding hydrogens is 492 g/mol. The molecule has 2 rings (SSSR count). The SMILES string of the molecule is CC(C)(C)OC(=O)N[C@@H](Cc1ccccc1)C(=O)O.CC(C)(C)OC(=O)N[C@H](Cc1ccccc1)C(=O)O. The van der Waals surface area contributed by atoms with Crippen LogP contribution in [0.2, 0.25) is 0 Å². The van der Waals surface area contributed by atoms with Gasteiger partial charge in [-0.2, -0.15) is 0 Å². The van der Waals surface area contributed by atoms with Crippen LogP contribution in [0.5, 0.6) is 0 Å². The highest BCUT2D eigenvalue weighted by atomic mass is 16.6. The summed E-state index contributed by atoms with van der Waals surface area (Å²) in [6, 6.07) is 16.2. The molecule has 0 aliphatic carbocycles. The van der Waals surface area contributed by atoms with Crippen molar-refractivity contribution in [3.8, 4) is 0 Å². The van der Waals surface area contributed by atoms with Crippen molar-refractivity contribution in [1.82, 2.24) is 10.6 Å². The number of amides is 2. The minimum absolute atomic E-state index is 0.218. The maximum absolute atomic E-state index is 11.6. The van der Waals surface area contributed by atoms with Crippen LogP contribution in [-0.4, -0.2) is 57.6 Å². The molecule has 0 aliphatic heterocycles. The lowest BCUT2D eigenvalue weighted by molar-refractivity contribution is -0.140. The zero-order chi connectivity index (χ0) is 28.9. The van der Waals surface area contributed by atoms with E-state index < -0.39 is 47.4 Å². The second-order valence-electron chi connectivity index (χ2n) is 10.5. The lowest BCUT2D eigenvalue weighted by atomic mass is 10.1. The van der Waals surface area contributed by atoms with Crippen LogP contribution in [0.3, 0.4) is 0 Å². The fourth-order valence-corrected chi connectivity index (χ4v) is 3.00. The van der Waals surface area contributed by atoms with E-state index in [9.17, 15) is 19.2 Å². The normalized spacial score (nSPS) is 12.6. The van der Waals surface area contributed by atoms with Gasteiger partial charge in [0.2, 0.25) is 0 Å². The van der Waals surface area contributed by atoms with Crippen molar-refractivity contribution in [2.75, 3.05) is 0 Å². The summed E-state index contributed by atoms with van der Waals surface area (Å²) >= 11 is 0. The van der Waals surface area contributed by atoms with Gasteiger partial charge in [0.25, 0.3) is 0 Å². The first-order valence-corrected chi connectivity index (χ1v) is 12.1. The van der Waals surface area contributed by atoms with Gasteiger partial charge in [0.15, 0.2) is 0 Å². The van der Waals surface area contributed by atoms with Crippen LogP contribution in [-0.2, 0) is 31.9 Å². The van der Waals surface area contributed by atoms with Crippen LogP contribution in [0.4, 0.5) is 9.59 Å². The largest absolute Gasteiger partial charge is 0.480 e. The summed E-state index contributed by atoms with van der Waals surface area (Å²) in [7, 11) is 0. The first-order chi connectivity index (χ1) is 17.6. The Morgan fingerprint density at radius 1 is 0.632 bits per heavy atom. The number of ether oxygens (including phenoxy) is 2. The molecule has 10 nitrogen and oxygen atoms in total. The monoisotopic (exact) mass is 530 g/mol. The number of rotatable bonds is 8. The summed E-state index contributed by atoms with van der Waals surface area (Å²) in [6.07, 6.45) is -1.02. The van der Waals surface area contributed by atoms with Gasteiger partial charge < -0.3 is 30.3 Å². The number of carbonyl (C=O) groups excluding carboxylic acids is 2. The number of benzene rings is 2. The van der Waals surface area contributed by atoms with Gasteiger partial charge >= 0.3 is 24.1 Å². The lowest BCUT2D eigenvalue weighted by Crippen LogP contribution is -2.44. The Bertz CT molecular complexity index is 959. The number of hydrogen-bond donors (Lipinski definition) is 4. The molecule has 0 bridgehead atoms. The number of carbonyl (C=O) groups is 4. The predicted molar refractivity (Wildman–Crippen MR) is 142 cm³/mol. The molecule has 2 amide bonds. The molecule has 208 valence electrons. The van der Waals surface area contributed by atoms with E-state index >= 15 is 0 Å². The van der Waals surface area contributed by atoms with Crippen molar-refractivity contribution >= 4 is 24.1 Å². The van der Waals surface area contributed by atoms with E-state index in [4.69, 9.17) is 19.7 Å². The van der Waals surface area contributed by atoms with Crippen LogP contribution < -0.4 is 10.6 Å². The molecule has 2 aromatic rings. The van der Waals surface area contributed by atoms with Crippen LogP contribution in [0.15, 0.2) is 60.7 Å². The Morgan fingerprint density at radius 3 is 1.16 bits per heavy atom. The average molecular weight is 531 g/mol. The Balaban J connectivity index is 0.000000380. The number of carboxylic acids is 2. The minimum atomic E-state index is -1.09. The van der Waals surface area contributed by atoms with Gasteiger partial charge in [-0.15, -0.1) is 0 Å². The summed E-state index contributed by atoms with van der Waals surface area (Å²) in [5.74, 6) is -2.18. The zero-order valence-corrected chi connectivity index (χ0v) is 22.7. The Hall–Kier alpha value is -4.08. The Kier molecular flexibility index (Phi) is 12.3. The van der Waals surface area contributed by atoms with Gasteiger partial charge in [-0.05, 0) is 52.7 Å². The predicted octanol–water partition coefficient (Wildman–Crippen LogP) is 4.41. The number of carboxylic acid groups (broad SMARTS) is 2. The minimum Gasteiger partial charge on any atom is -0.480 e.